The number of thiophene rings is 1. The Morgan fingerprint density at radius 2 is 2.22 bits per heavy atom. The first-order valence-corrected chi connectivity index (χ1v) is 7.01. The molecule has 0 atom stereocenters. The number of phenolic OH excluding ortho intramolecular Hbond substituents is 1. The van der Waals surface area contributed by atoms with Gasteiger partial charge in [-0.15, -0.1) is 23.1 Å². The van der Waals surface area contributed by atoms with Crippen molar-refractivity contribution in [3.05, 3.63) is 46.2 Å². The van der Waals surface area contributed by atoms with Crippen LogP contribution in [-0.2, 0) is 5.75 Å². The van der Waals surface area contributed by atoms with Gasteiger partial charge in [0.1, 0.15) is 5.75 Å². The number of amides is 1. The van der Waals surface area contributed by atoms with Gasteiger partial charge in [0.2, 0.25) is 0 Å². The lowest BCUT2D eigenvalue weighted by Crippen LogP contribution is -2.29. The normalized spacial score (nSPS) is 10.3. The van der Waals surface area contributed by atoms with Gasteiger partial charge in [-0.3, -0.25) is 10.2 Å². The summed E-state index contributed by atoms with van der Waals surface area (Å²) in [5.74, 6) is 5.81. The molecule has 18 heavy (non-hydrogen) atoms. The van der Waals surface area contributed by atoms with Crippen LogP contribution < -0.4 is 11.3 Å². The average molecular weight is 280 g/mol. The zero-order valence-electron chi connectivity index (χ0n) is 9.42. The quantitative estimate of drug-likeness (QED) is 0.348. The Bertz CT molecular complexity index is 555. The van der Waals surface area contributed by atoms with E-state index in [2.05, 4.69) is 5.43 Å². The molecule has 1 aromatic carbocycles. The molecule has 4 N–H and O–H groups in total. The number of carbonyl (C=O) groups is 1. The zero-order chi connectivity index (χ0) is 13.0. The van der Waals surface area contributed by atoms with E-state index < -0.39 is 0 Å². The summed E-state index contributed by atoms with van der Waals surface area (Å²) in [6, 6.07) is 10.8. The molecule has 4 nitrogen and oxygen atoms in total. The van der Waals surface area contributed by atoms with Gasteiger partial charge in [-0.25, -0.2) is 5.84 Å². The number of aromatic hydroxyl groups is 1. The Morgan fingerprint density at radius 3 is 2.94 bits per heavy atom. The molecule has 0 spiro atoms. The Balaban J connectivity index is 1.98. The van der Waals surface area contributed by atoms with Gasteiger partial charge in [0, 0.05) is 15.5 Å². The smallest absolute Gasteiger partial charge is 0.275 e. The third-order valence-electron chi connectivity index (χ3n) is 2.22. The molecule has 0 aliphatic rings. The Morgan fingerprint density at radius 1 is 1.39 bits per heavy atom. The van der Waals surface area contributed by atoms with Crippen LogP contribution in [0.2, 0.25) is 0 Å². The molecule has 6 heteroatoms. The number of carbonyl (C=O) groups excluding carboxylic acids is 1. The van der Waals surface area contributed by atoms with Gasteiger partial charge in [-0.1, -0.05) is 6.07 Å². The SMILES string of the molecule is NNC(=O)c1ccc(CSc2cccc(O)c2)s1. The van der Waals surface area contributed by atoms with Gasteiger partial charge < -0.3 is 5.11 Å². The molecule has 0 saturated heterocycles. The number of rotatable bonds is 4. The van der Waals surface area contributed by atoms with Crippen molar-refractivity contribution in [2.75, 3.05) is 0 Å². The number of nitrogen functional groups attached to an aromatic ring is 1. The molecule has 0 bridgehead atoms. The Hall–Kier alpha value is -1.50. The van der Waals surface area contributed by atoms with Crippen LogP contribution in [0.1, 0.15) is 14.5 Å². The number of hydrogen-bond acceptors (Lipinski definition) is 5. The topological polar surface area (TPSA) is 75.3 Å². The van der Waals surface area contributed by atoms with Crippen molar-refractivity contribution in [1.29, 1.82) is 0 Å². The maximum Gasteiger partial charge on any atom is 0.275 e. The molecule has 1 heterocycles. The van der Waals surface area contributed by atoms with Crippen LogP contribution in [0.15, 0.2) is 41.3 Å². The maximum absolute atomic E-state index is 11.3. The molecule has 94 valence electrons. The minimum absolute atomic E-state index is 0.259. The summed E-state index contributed by atoms with van der Waals surface area (Å²) in [5.41, 5.74) is 2.11. The van der Waals surface area contributed by atoms with E-state index in [0.29, 0.717) is 4.88 Å². The first kappa shape index (κ1) is 12.9. The van der Waals surface area contributed by atoms with Gasteiger partial charge in [0.25, 0.3) is 5.91 Å². The Labute approximate surface area is 113 Å². The van der Waals surface area contributed by atoms with Crippen LogP contribution in [0.4, 0.5) is 0 Å². The molecule has 0 aliphatic heterocycles. The predicted molar refractivity (Wildman–Crippen MR) is 73.6 cm³/mol. The highest BCUT2D eigenvalue weighted by Crippen LogP contribution is 2.28. The third-order valence-corrected chi connectivity index (χ3v) is 4.52. The second-order valence-corrected chi connectivity index (χ2v) is 5.74. The molecular weight excluding hydrogens is 268 g/mol. The molecule has 0 saturated carbocycles. The van der Waals surface area contributed by atoms with Crippen molar-refractivity contribution in [2.24, 2.45) is 5.84 Å². The highest BCUT2D eigenvalue weighted by atomic mass is 32.2. The second-order valence-electron chi connectivity index (χ2n) is 3.53. The van der Waals surface area contributed by atoms with Crippen LogP contribution in [0.3, 0.4) is 0 Å². The zero-order valence-corrected chi connectivity index (χ0v) is 11.1. The van der Waals surface area contributed by atoms with E-state index in [0.717, 1.165) is 15.5 Å². The highest BCUT2D eigenvalue weighted by Gasteiger charge is 2.07. The van der Waals surface area contributed by atoms with Crippen LogP contribution in [-0.4, -0.2) is 11.0 Å². The first-order chi connectivity index (χ1) is 8.69. The monoisotopic (exact) mass is 280 g/mol. The van der Waals surface area contributed by atoms with E-state index in [1.54, 1.807) is 36.0 Å². The second kappa shape index (κ2) is 5.90. The lowest BCUT2D eigenvalue weighted by atomic mass is 10.3. The number of nitrogens with two attached hydrogens (primary N) is 1. The minimum Gasteiger partial charge on any atom is -0.508 e. The van der Waals surface area contributed by atoms with Crippen molar-refractivity contribution < 1.29 is 9.90 Å². The van der Waals surface area contributed by atoms with Crippen molar-refractivity contribution in [3.8, 4) is 5.75 Å². The fraction of sp³-hybridized carbons (Fsp3) is 0.0833. The predicted octanol–water partition coefficient (Wildman–Crippen LogP) is 2.35. The first-order valence-electron chi connectivity index (χ1n) is 5.20. The van der Waals surface area contributed by atoms with E-state index in [9.17, 15) is 9.90 Å². The molecule has 1 amide bonds. The number of nitrogens with one attached hydrogen (secondary N) is 1. The highest BCUT2D eigenvalue weighted by molar-refractivity contribution is 7.98. The summed E-state index contributed by atoms with van der Waals surface area (Å²) in [7, 11) is 0. The number of phenols is 1. The summed E-state index contributed by atoms with van der Waals surface area (Å²) in [6.45, 7) is 0. The van der Waals surface area contributed by atoms with Gasteiger partial charge in [0.05, 0.1) is 4.88 Å². The number of hydrogen-bond donors (Lipinski definition) is 3. The third kappa shape index (κ3) is 3.25. The number of thioether (sulfide) groups is 1. The van der Waals surface area contributed by atoms with Crippen LogP contribution in [0.25, 0.3) is 0 Å². The van der Waals surface area contributed by atoms with Gasteiger partial charge in [-0.2, -0.15) is 0 Å². The summed E-state index contributed by atoms with van der Waals surface area (Å²) in [5, 5.41) is 9.34. The molecule has 0 aliphatic carbocycles. The molecule has 0 unspecified atom stereocenters. The number of hydrazine groups is 1. The van der Waals surface area contributed by atoms with E-state index in [1.807, 2.05) is 12.1 Å². The fourth-order valence-corrected chi connectivity index (χ4v) is 3.28. The van der Waals surface area contributed by atoms with Crippen molar-refractivity contribution in [2.45, 2.75) is 10.6 Å². The standard InChI is InChI=1S/C12H12N2O2S2/c13-14-12(16)11-5-4-10(18-11)7-17-9-3-1-2-8(15)6-9/h1-6,15H,7,13H2,(H,14,16). The van der Waals surface area contributed by atoms with E-state index >= 15 is 0 Å². The van der Waals surface area contributed by atoms with Crippen molar-refractivity contribution >= 4 is 29.0 Å². The van der Waals surface area contributed by atoms with Crippen molar-refractivity contribution in [3.63, 3.8) is 0 Å². The van der Waals surface area contributed by atoms with Crippen LogP contribution in [0, 0.1) is 0 Å². The van der Waals surface area contributed by atoms with Crippen molar-refractivity contribution in [1.82, 2.24) is 5.43 Å². The average Bonchev–Trinajstić information content (AvgIpc) is 2.84. The van der Waals surface area contributed by atoms with E-state index in [-0.39, 0.29) is 11.7 Å². The van der Waals surface area contributed by atoms with Crippen LogP contribution in [0.5, 0.6) is 5.75 Å². The molecule has 2 rings (SSSR count). The maximum atomic E-state index is 11.3. The number of benzene rings is 1. The molecule has 0 fully saturated rings. The van der Waals surface area contributed by atoms with Gasteiger partial charge >= 0.3 is 0 Å². The summed E-state index contributed by atoms with van der Waals surface area (Å²) in [6.07, 6.45) is 0. The van der Waals surface area contributed by atoms with Crippen LogP contribution >= 0.6 is 23.1 Å². The lowest BCUT2D eigenvalue weighted by Gasteiger charge is -2.00. The van der Waals surface area contributed by atoms with E-state index in [1.165, 1.54) is 11.3 Å². The van der Waals surface area contributed by atoms with E-state index in [4.69, 9.17) is 5.84 Å². The Kier molecular flexibility index (Phi) is 4.24. The molecule has 0 radical (unpaired) electrons. The summed E-state index contributed by atoms with van der Waals surface area (Å²) < 4.78 is 0. The summed E-state index contributed by atoms with van der Waals surface area (Å²) >= 11 is 3.02. The largest absolute Gasteiger partial charge is 0.508 e. The minimum atomic E-state index is -0.270. The molecular formula is C12H12N2O2S2. The molecule has 1 aromatic heterocycles. The molecule has 2 aromatic rings. The fourth-order valence-electron chi connectivity index (χ4n) is 1.38. The lowest BCUT2D eigenvalue weighted by molar-refractivity contribution is 0.0957. The van der Waals surface area contributed by atoms with Gasteiger partial charge in [0.15, 0.2) is 0 Å². The van der Waals surface area contributed by atoms with Gasteiger partial charge in [-0.05, 0) is 30.3 Å². The summed E-state index contributed by atoms with van der Waals surface area (Å²) in [4.78, 5) is 14.0.